The van der Waals surface area contributed by atoms with Crippen LogP contribution in [0.5, 0.6) is 0 Å². The van der Waals surface area contributed by atoms with Crippen molar-refractivity contribution in [3.63, 3.8) is 0 Å². The van der Waals surface area contributed by atoms with Gasteiger partial charge >= 0.3 is 6.03 Å². The summed E-state index contributed by atoms with van der Waals surface area (Å²) in [5.41, 5.74) is 1.85. The van der Waals surface area contributed by atoms with E-state index in [4.69, 9.17) is 4.74 Å². The van der Waals surface area contributed by atoms with Crippen LogP contribution in [0.25, 0.3) is 0 Å². The Morgan fingerprint density at radius 3 is 2.81 bits per heavy atom. The van der Waals surface area contributed by atoms with Crippen LogP contribution in [0.1, 0.15) is 5.56 Å². The molecule has 2 N–H and O–H groups in total. The Labute approximate surface area is 103 Å². The summed E-state index contributed by atoms with van der Waals surface area (Å²) in [6, 6.07) is 5.51. The van der Waals surface area contributed by atoms with Crippen molar-refractivity contribution in [2.75, 3.05) is 25.6 Å². The lowest BCUT2D eigenvalue weighted by atomic mass is 10.2. The summed E-state index contributed by atoms with van der Waals surface area (Å²) in [7, 11) is 1.59. The van der Waals surface area contributed by atoms with E-state index in [1.165, 1.54) is 0 Å². The summed E-state index contributed by atoms with van der Waals surface area (Å²) < 4.78 is 5.77. The Kier molecular flexibility index (Phi) is 5.28. The van der Waals surface area contributed by atoms with Crippen molar-refractivity contribution in [2.45, 2.75) is 6.92 Å². The van der Waals surface area contributed by atoms with Gasteiger partial charge in [0.05, 0.1) is 6.61 Å². The first-order chi connectivity index (χ1) is 7.61. The number of amides is 2. The van der Waals surface area contributed by atoms with Gasteiger partial charge in [-0.25, -0.2) is 4.79 Å². The Morgan fingerprint density at radius 2 is 2.19 bits per heavy atom. The topological polar surface area (TPSA) is 50.4 Å². The third-order valence-corrected chi connectivity index (χ3v) is 2.35. The molecule has 0 radical (unpaired) electrons. The lowest BCUT2D eigenvalue weighted by molar-refractivity contribution is 0.198. The summed E-state index contributed by atoms with van der Waals surface area (Å²) >= 11 is 3.38. The van der Waals surface area contributed by atoms with Crippen LogP contribution in [0.3, 0.4) is 0 Å². The molecule has 0 aliphatic rings. The second kappa shape index (κ2) is 6.50. The van der Waals surface area contributed by atoms with Crippen molar-refractivity contribution in [3.8, 4) is 0 Å². The highest BCUT2D eigenvalue weighted by Crippen LogP contribution is 2.18. The van der Waals surface area contributed by atoms with Gasteiger partial charge in [-0.05, 0) is 30.7 Å². The molecule has 0 aliphatic heterocycles. The number of anilines is 1. The highest BCUT2D eigenvalue weighted by Gasteiger charge is 2.02. The molecule has 0 aliphatic carbocycles. The van der Waals surface area contributed by atoms with Crippen molar-refractivity contribution >= 4 is 27.6 Å². The van der Waals surface area contributed by atoms with Crippen LogP contribution in [0, 0.1) is 6.92 Å². The third kappa shape index (κ3) is 4.63. The predicted octanol–water partition coefficient (Wildman–Crippen LogP) is 2.53. The minimum absolute atomic E-state index is 0.227. The molecule has 1 aromatic carbocycles. The van der Waals surface area contributed by atoms with Gasteiger partial charge in [-0.1, -0.05) is 15.9 Å². The van der Waals surface area contributed by atoms with E-state index in [1.54, 1.807) is 7.11 Å². The molecule has 0 saturated heterocycles. The predicted molar refractivity (Wildman–Crippen MR) is 67.8 cm³/mol. The van der Waals surface area contributed by atoms with Crippen molar-refractivity contribution in [1.82, 2.24) is 5.32 Å². The quantitative estimate of drug-likeness (QED) is 0.836. The monoisotopic (exact) mass is 286 g/mol. The zero-order valence-corrected chi connectivity index (χ0v) is 10.9. The molecular formula is C11H15BrN2O2. The minimum atomic E-state index is -0.227. The minimum Gasteiger partial charge on any atom is -0.383 e. The van der Waals surface area contributed by atoms with E-state index in [2.05, 4.69) is 26.6 Å². The SMILES string of the molecule is COCCNC(=O)Nc1cc(C)cc(Br)c1. The normalized spacial score (nSPS) is 9.94. The van der Waals surface area contributed by atoms with Crippen LogP contribution < -0.4 is 10.6 Å². The Balaban J connectivity index is 2.49. The van der Waals surface area contributed by atoms with Crippen molar-refractivity contribution in [2.24, 2.45) is 0 Å². The van der Waals surface area contributed by atoms with Gasteiger partial charge in [-0.2, -0.15) is 0 Å². The van der Waals surface area contributed by atoms with Crippen molar-refractivity contribution in [3.05, 3.63) is 28.2 Å². The number of nitrogens with one attached hydrogen (secondary N) is 2. The van der Waals surface area contributed by atoms with Gasteiger partial charge < -0.3 is 15.4 Å². The number of ether oxygens (including phenoxy) is 1. The molecule has 4 nitrogen and oxygen atoms in total. The molecule has 0 aromatic heterocycles. The molecule has 1 rings (SSSR count). The molecule has 0 bridgehead atoms. The molecular weight excluding hydrogens is 272 g/mol. The fourth-order valence-electron chi connectivity index (χ4n) is 1.25. The average molecular weight is 287 g/mol. The van der Waals surface area contributed by atoms with E-state index >= 15 is 0 Å². The van der Waals surface area contributed by atoms with Crippen molar-refractivity contribution in [1.29, 1.82) is 0 Å². The first-order valence-electron chi connectivity index (χ1n) is 4.93. The molecule has 5 heteroatoms. The van der Waals surface area contributed by atoms with Crippen molar-refractivity contribution < 1.29 is 9.53 Å². The third-order valence-electron chi connectivity index (χ3n) is 1.89. The summed E-state index contributed by atoms with van der Waals surface area (Å²) in [6.07, 6.45) is 0. The standard InChI is InChI=1S/C11H15BrN2O2/c1-8-5-9(12)7-10(6-8)14-11(15)13-3-4-16-2/h5-7H,3-4H2,1-2H3,(H2,13,14,15). The fraction of sp³-hybridized carbons (Fsp3) is 0.364. The fourth-order valence-corrected chi connectivity index (χ4v) is 1.86. The van der Waals surface area contributed by atoms with Gasteiger partial charge in [0.2, 0.25) is 0 Å². The molecule has 0 fully saturated rings. The summed E-state index contributed by atoms with van der Waals surface area (Å²) in [6.45, 7) is 2.97. The lowest BCUT2D eigenvalue weighted by Crippen LogP contribution is -2.31. The molecule has 0 atom stereocenters. The lowest BCUT2D eigenvalue weighted by Gasteiger charge is -2.08. The van der Waals surface area contributed by atoms with Crippen LogP contribution in [0.4, 0.5) is 10.5 Å². The second-order valence-corrected chi connectivity index (χ2v) is 4.31. The van der Waals surface area contributed by atoms with Gasteiger partial charge in [0.15, 0.2) is 0 Å². The average Bonchev–Trinajstić information content (AvgIpc) is 2.16. The number of methoxy groups -OCH3 is 1. The maximum atomic E-state index is 11.4. The number of urea groups is 1. The number of rotatable bonds is 4. The second-order valence-electron chi connectivity index (χ2n) is 3.39. The first kappa shape index (κ1) is 13.0. The zero-order chi connectivity index (χ0) is 12.0. The van der Waals surface area contributed by atoms with E-state index in [0.717, 1.165) is 15.7 Å². The number of hydrogen-bond acceptors (Lipinski definition) is 2. The number of hydrogen-bond donors (Lipinski definition) is 2. The molecule has 0 spiro atoms. The Morgan fingerprint density at radius 1 is 1.44 bits per heavy atom. The number of carbonyl (C=O) groups is 1. The molecule has 0 saturated carbocycles. The molecule has 88 valence electrons. The largest absolute Gasteiger partial charge is 0.383 e. The molecule has 16 heavy (non-hydrogen) atoms. The zero-order valence-electron chi connectivity index (χ0n) is 9.34. The Hall–Kier alpha value is -1.07. The molecule has 1 aromatic rings. The van der Waals surface area contributed by atoms with Gasteiger partial charge in [0, 0.05) is 23.8 Å². The van der Waals surface area contributed by atoms with E-state index in [9.17, 15) is 4.79 Å². The van der Waals surface area contributed by atoms with Crippen LogP contribution in [-0.2, 0) is 4.74 Å². The number of halogens is 1. The van der Waals surface area contributed by atoms with E-state index in [0.29, 0.717) is 13.2 Å². The highest BCUT2D eigenvalue weighted by atomic mass is 79.9. The summed E-state index contributed by atoms with van der Waals surface area (Å²) in [5, 5.41) is 5.43. The summed E-state index contributed by atoms with van der Waals surface area (Å²) in [5.74, 6) is 0. The van der Waals surface area contributed by atoms with Gasteiger partial charge in [-0.15, -0.1) is 0 Å². The van der Waals surface area contributed by atoms with E-state index in [-0.39, 0.29) is 6.03 Å². The van der Waals surface area contributed by atoms with Gasteiger partial charge in [0.1, 0.15) is 0 Å². The molecule has 0 heterocycles. The smallest absolute Gasteiger partial charge is 0.319 e. The van der Waals surface area contributed by atoms with Gasteiger partial charge in [0.25, 0.3) is 0 Å². The molecule has 0 unspecified atom stereocenters. The number of carbonyl (C=O) groups excluding carboxylic acids is 1. The highest BCUT2D eigenvalue weighted by molar-refractivity contribution is 9.10. The van der Waals surface area contributed by atoms with Crippen LogP contribution in [0.2, 0.25) is 0 Å². The molecule has 2 amide bonds. The van der Waals surface area contributed by atoms with E-state index < -0.39 is 0 Å². The summed E-state index contributed by atoms with van der Waals surface area (Å²) in [4.78, 5) is 11.4. The van der Waals surface area contributed by atoms with Crippen LogP contribution in [-0.4, -0.2) is 26.3 Å². The number of aryl methyl sites for hydroxylation is 1. The maximum Gasteiger partial charge on any atom is 0.319 e. The number of benzene rings is 1. The van der Waals surface area contributed by atoms with Crippen LogP contribution in [0.15, 0.2) is 22.7 Å². The van der Waals surface area contributed by atoms with Gasteiger partial charge in [-0.3, -0.25) is 0 Å². The first-order valence-corrected chi connectivity index (χ1v) is 5.72. The van der Waals surface area contributed by atoms with Crippen LogP contribution >= 0.6 is 15.9 Å². The Bertz CT molecular complexity index is 349. The van der Waals surface area contributed by atoms with E-state index in [1.807, 2.05) is 25.1 Å². The maximum absolute atomic E-state index is 11.4.